The Kier molecular flexibility index (Phi) is 2.43. The first kappa shape index (κ1) is 11.7. The molecule has 1 aliphatic rings. The van der Waals surface area contributed by atoms with Crippen molar-refractivity contribution in [1.29, 1.82) is 0 Å². The van der Waals surface area contributed by atoms with Crippen LogP contribution in [-0.2, 0) is 0 Å². The van der Waals surface area contributed by atoms with Gasteiger partial charge in [-0.25, -0.2) is 0 Å². The summed E-state index contributed by atoms with van der Waals surface area (Å²) >= 11 is 0. The minimum absolute atomic E-state index is 0.490. The standard InChI is InChI=1S/C19H18N/c1-13-14(2)20-12-11-15-7-3-4-9-17(15)19(20)18-10-6-5-8-16(13)18/h3-14H,1-2H3/q+1. The molecule has 0 aliphatic carbocycles. The van der Waals surface area contributed by atoms with Crippen molar-refractivity contribution in [2.24, 2.45) is 0 Å². The van der Waals surface area contributed by atoms with E-state index in [0.717, 1.165) is 0 Å². The summed E-state index contributed by atoms with van der Waals surface area (Å²) < 4.78 is 2.44. The van der Waals surface area contributed by atoms with Crippen molar-refractivity contribution in [3.8, 4) is 11.3 Å². The third-order valence-corrected chi connectivity index (χ3v) is 4.76. The van der Waals surface area contributed by atoms with Gasteiger partial charge in [-0.15, -0.1) is 0 Å². The van der Waals surface area contributed by atoms with Crippen molar-refractivity contribution >= 4 is 10.8 Å². The number of rotatable bonds is 0. The molecule has 1 nitrogen and oxygen atoms in total. The second kappa shape index (κ2) is 4.17. The van der Waals surface area contributed by atoms with E-state index >= 15 is 0 Å². The van der Waals surface area contributed by atoms with E-state index in [2.05, 4.69) is 79.2 Å². The van der Waals surface area contributed by atoms with E-state index in [1.165, 1.54) is 27.6 Å². The second-order valence-corrected chi connectivity index (χ2v) is 5.78. The Morgan fingerprint density at radius 1 is 0.850 bits per heavy atom. The van der Waals surface area contributed by atoms with E-state index in [4.69, 9.17) is 0 Å². The molecule has 2 aromatic carbocycles. The number of benzene rings is 2. The highest BCUT2D eigenvalue weighted by atomic mass is 15.0. The molecule has 20 heavy (non-hydrogen) atoms. The topological polar surface area (TPSA) is 3.88 Å². The minimum Gasteiger partial charge on any atom is -0.195 e. The van der Waals surface area contributed by atoms with Crippen LogP contribution in [0.3, 0.4) is 0 Å². The molecule has 0 spiro atoms. The van der Waals surface area contributed by atoms with Crippen LogP contribution < -0.4 is 4.57 Å². The third-order valence-electron chi connectivity index (χ3n) is 4.76. The molecule has 0 bridgehead atoms. The second-order valence-electron chi connectivity index (χ2n) is 5.78. The van der Waals surface area contributed by atoms with Gasteiger partial charge in [-0.2, -0.15) is 4.57 Å². The predicted octanol–water partition coefficient (Wildman–Crippen LogP) is 4.47. The number of pyridine rings is 1. The van der Waals surface area contributed by atoms with Gasteiger partial charge < -0.3 is 0 Å². The monoisotopic (exact) mass is 260 g/mol. The number of hydrogen-bond donors (Lipinski definition) is 0. The Morgan fingerprint density at radius 3 is 2.50 bits per heavy atom. The van der Waals surface area contributed by atoms with Crippen LogP contribution in [0.25, 0.3) is 22.0 Å². The third kappa shape index (κ3) is 1.46. The van der Waals surface area contributed by atoms with Crippen LogP contribution in [0.15, 0.2) is 60.8 Å². The summed E-state index contributed by atoms with van der Waals surface area (Å²) in [7, 11) is 0. The highest BCUT2D eigenvalue weighted by molar-refractivity contribution is 5.93. The van der Waals surface area contributed by atoms with Gasteiger partial charge in [0.1, 0.15) is 0 Å². The van der Waals surface area contributed by atoms with Gasteiger partial charge in [0.25, 0.3) is 0 Å². The molecule has 98 valence electrons. The highest BCUT2D eigenvalue weighted by Gasteiger charge is 2.35. The first-order valence-electron chi connectivity index (χ1n) is 7.29. The fourth-order valence-electron chi connectivity index (χ4n) is 3.47. The van der Waals surface area contributed by atoms with Crippen LogP contribution in [0, 0.1) is 0 Å². The molecule has 2 heterocycles. The van der Waals surface area contributed by atoms with E-state index in [1.54, 1.807) is 0 Å². The summed E-state index contributed by atoms with van der Waals surface area (Å²) in [5.74, 6) is 0.546. The lowest BCUT2D eigenvalue weighted by Gasteiger charge is -2.26. The molecule has 0 N–H and O–H groups in total. The molecule has 0 saturated carbocycles. The zero-order chi connectivity index (χ0) is 13.7. The number of fused-ring (bicyclic) bond motifs is 5. The predicted molar refractivity (Wildman–Crippen MR) is 82.7 cm³/mol. The van der Waals surface area contributed by atoms with Crippen molar-refractivity contribution < 1.29 is 4.57 Å². The van der Waals surface area contributed by atoms with Gasteiger partial charge in [-0.1, -0.05) is 43.3 Å². The summed E-state index contributed by atoms with van der Waals surface area (Å²) in [4.78, 5) is 0. The summed E-state index contributed by atoms with van der Waals surface area (Å²) in [6.07, 6.45) is 2.24. The minimum atomic E-state index is 0.490. The molecule has 1 aromatic heterocycles. The molecule has 2 unspecified atom stereocenters. The van der Waals surface area contributed by atoms with Gasteiger partial charge in [-0.05, 0) is 30.0 Å². The smallest absolute Gasteiger partial charge is 0.195 e. The molecule has 2 atom stereocenters. The van der Waals surface area contributed by atoms with Crippen LogP contribution in [0.1, 0.15) is 31.4 Å². The lowest BCUT2D eigenvalue weighted by molar-refractivity contribution is -0.713. The van der Waals surface area contributed by atoms with Gasteiger partial charge in [0.15, 0.2) is 12.2 Å². The van der Waals surface area contributed by atoms with Gasteiger partial charge >= 0.3 is 0 Å². The first-order chi connectivity index (χ1) is 9.77. The van der Waals surface area contributed by atoms with Crippen molar-refractivity contribution in [2.45, 2.75) is 25.8 Å². The largest absolute Gasteiger partial charge is 0.220 e. The number of aromatic nitrogens is 1. The molecule has 0 saturated heterocycles. The van der Waals surface area contributed by atoms with E-state index in [-0.39, 0.29) is 0 Å². The lowest BCUT2D eigenvalue weighted by Crippen LogP contribution is -2.45. The van der Waals surface area contributed by atoms with E-state index < -0.39 is 0 Å². The average Bonchev–Trinajstić information content (AvgIpc) is 2.51. The maximum absolute atomic E-state index is 2.44. The summed E-state index contributed by atoms with van der Waals surface area (Å²) in [6.45, 7) is 4.65. The van der Waals surface area contributed by atoms with Crippen molar-refractivity contribution in [2.75, 3.05) is 0 Å². The Morgan fingerprint density at radius 2 is 1.60 bits per heavy atom. The highest BCUT2D eigenvalue weighted by Crippen LogP contribution is 2.39. The Labute approximate surface area is 119 Å². The van der Waals surface area contributed by atoms with Crippen LogP contribution in [0.5, 0.6) is 0 Å². The van der Waals surface area contributed by atoms with Crippen LogP contribution in [0.2, 0.25) is 0 Å². The molecule has 0 radical (unpaired) electrons. The Hall–Kier alpha value is -2.15. The number of nitrogens with zero attached hydrogens (tertiary/aromatic N) is 1. The zero-order valence-electron chi connectivity index (χ0n) is 11.9. The zero-order valence-corrected chi connectivity index (χ0v) is 11.9. The van der Waals surface area contributed by atoms with Gasteiger partial charge in [0.05, 0.1) is 10.9 Å². The fraction of sp³-hybridized carbons (Fsp3) is 0.211. The maximum Gasteiger partial charge on any atom is 0.220 e. The van der Waals surface area contributed by atoms with Gasteiger partial charge in [0, 0.05) is 12.0 Å². The van der Waals surface area contributed by atoms with Crippen molar-refractivity contribution in [3.05, 3.63) is 66.4 Å². The van der Waals surface area contributed by atoms with Crippen molar-refractivity contribution in [1.82, 2.24) is 0 Å². The SMILES string of the molecule is CC1c2ccccc2-c2c3ccccc3cc[n+]2C1C. The molecular weight excluding hydrogens is 242 g/mol. The van der Waals surface area contributed by atoms with Crippen LogP contribution >= 0.6 is 0 Å². The lowest BCUT2D eigenvalue weighted by atomic mass is 9.84. The van der Waals surface area contributed by atoms with E-state index in [9.17, 15) is 0 Å². The molecule has 0 fully saturated rings. The molecule has 1 heteroatoms. The normalized spacial score (nSPS) is 20.5. The Balaban J connectivity index is 2.16. The van der Waals surface area contributed by atoms with E-state index in [0.29, 0.717) is 12.0 Å². The maximum atomic E-state index is 2.44. The van der Waals surface area contributed by atoms with Crippen molar-refractivity contribution in [3.63, 3.8) is 0 Å². The molecule has 0 amide bonds. The fourth-order valence-corrected chi connectivity index (χ4v) is 3.47. The summed E-state index contributed by atoms with van der Waals surface area (Å²) in [5.41, 5.74) is 4.22. The molecular formula is C19H18N+. The summed E-state index contributed by atoms with van der Waals surface area (Å²) in [5, 5.41) is 2.66. The Bertz CT molecular complexity index is 804. The molecule has 3 aromatic rings. The van der Waals surface area contributed by atoms with Gasteiger partial charge in [-0.3, -0.25) is 0 Å². The van der Waals surface area contributed by atoms with E-state index in [1.807, 2.05) is 0 Å². The first-order valence-corrected chi connectivity index (χ1v) is 7.29. The van der Waals surface area contributed by atoms with Gasteiger partial charge in [0.2, 0.25) is 5.69 Å². The van der Waals surface area contributed by atoms with Crippen LogP contribution in [-0.4, -0.2) is 0 Å². The quantitative estimate of drug-likeness (QED) is 0.525. The molecule has 1 aliphatic heterocycles. The molecule has 4 rings (SSSR count). The average molecular weight is 260 g/mol. The van der Waals surface area contributed by atoms with Crippen LogP contribution in [0.4, 0.5) is 0 Å². The number of hydrogen-bond acceptors (Lipinski definition) is 0. The summed E-state index contributed by atoms with van der Waals surface area (Å²) in [6, 6.07) is 20.2.